The molecule has 4 heteroatoms. The number of amides is 1. The number of hydrogen-bond acceptors (Lipinski definition) is 3. The predicted molar refractivity (Wildman–Crippen MR) is 70.7 cm³/mol. The van der Waals surface area contributed by atoms with Gasteiger partial charge in [0, 0.05) is 26.7 Å². The smallest absolute Gasteiger partial charge is 0.220 e. The number of methoxy groups -OCH3 is 1. The maximum atomic E-state index is 11.6. The number of carbonyl (C=O) groups excluding carboxylic acids is 1. The highest BCUT2D eigenvalue weighted by Crippen LogP contribution is 2.20. The molecule has 0 saturated heterocycles. The lowest BCUT2D eigenvalue weighted by atomic mass is 9.88. The molecule has 0 aliphatic carbocycles. The van der Waals surface area contributed by atoms with Crippen molar-refractivity contribution < 1.29 is 9.53 Å². The van der Waals surface area contributed by atoms with Crippen molar-refractivity contribution in [3.63, 3.8) is 0 Å². The van der Waals surface area contributed by atoms with Crippen LogP contribution in [0.1, 0.15) is 39.5 Å². The molecular formula is C13H28N2O2. The van der Waals surface area contributed by atoms with Gasteiger partial charge in [-0.15, -0.1) is 0 Å². The van der Waals surface area contributed by atoms with E-state index < -0.39 is 0 Å². The van der Waals surface area contributed by atoms with Crippen molar-refractivity contribution >= 4 is 5.91 Å². The van der Waals surface area contributed by atoms with Crippen LogP contribution in [-0.2, 0) is 9.53 Å². The minimum absolute atomic E-state index is 0.142. The summed E-state index contributed by atoms with van der Waals surface area (Å²) in [7, 11) is 1.67. The average molecular weight is 244 g/mol. The molecule has 0 heterocycles. The maximum Gasteiger partial charge on any atom is 0.220 e. The molecule has 0 fully saturated rings. The number of ether oxygens (including phenoxy) is 1. The van der Waals surface area contributed by atoms with Crippen molar-refractivity contribution in [3.05, 3.63) is 0 Å². The van der Waals surface area contributed by atoms with Crippen molar-refractivity contribution in [1.82, 2.24) is 5.32 Å². The van der Waals surface area contributed by atoms with Crippen LogP contribution in [0.4, 0.5) is 0 Å². The molecule has 1 atom stereocenters. The van der Waals surface area contributed by atoms with Crippen LogP contribution in [0.2, 0.25) is 0 Å². The van der Waals surface area contributed by atoms with E-state index in [1.54, 1.807) is 7.11 Å². The Labute approximate surface area is 105 Å². The van der Waals surface area contributed by atoms with E-state index in [0.717, 1.165) is 19.3 Å². The molecule has 0 aliphatic heterocycles. The predicted octanol–water partition coefficient (Wildman–Crippen LogP) is 1.54. The highest BCUT2D eigenvalue weighted by Gasteiger charge is 2.14. The molecule has 0 spiro atoms. The molecule has 0 radical (unpaired) electrons. The zero-order valence-corrected chi connectivity index (χ0v) is 11.5. The van der Waals surface area contributed by atoms with Gasteiger partial charge in [-0.25, -0.2) is 0 Å². The van der Waals surface area contributed by atoms with Gasteiger partial charge in [0.1, 0.15) is 0 Å². The van der Waals surface area contributed by atoms with Crippen LogP contribution >= 0.6 is 0 Å². The van der Waals surface area contributed by atoms with Crippen molar-refractivity contribution in [1.29, 1.82) is 0 Å². The number of nitrogens with two attached hydrogens (primary N) is 1. The summed E-state index contributed by atoms with van der Waals surface area (Å²) < 4.78 is 4.92. The zero-order valence-electron chi connectivity index (χ0n) is 11.5. The molecule has 0 saturated carbocycles. The lowest BCUT2D eigenvalue weighted by Gasteiger charge is -2.19. The lowest BCUT2D eigenvalue weighted by molar-refractivity contribution is -0.121. The van der Waals surface area contributed by atoms with E-state index >= 15 is 0 Å². The third-order valence-corrected chi connectivity index (χ3v) is 3.07. The fourth-order valence-electron chi connectivity index (χ4n) is 1.87. The van der Waals surface area contributed by atoms with Gasteiger partial charge in [-0.2, -0.15) is 0 Å². The zero-order chi connectivity index (χ0) is 13.1. The first-order valence-electron chi connectivity index (χ1n) is 6.57. The van der Waals surface area contributed by atoms with Gasteiger partial charge in [0.05, 0.1) is 0 Å². The summed E-state index contributed by atoms with van der Waals surface area (Å²) in [5.74, 6) is 1.30. The highest BCUT2D eigenvalue weighted by atomic mass is 16.5. The normalized spacial score (nSPS) is 12.8. The Hall–Kier alpha value is -0.610. The molecule has 17 heavy (non-hydrogen) atoms. The number of rotatable bonds is 10. The first-order chi connectivity index (χ1) is 8.11. The lowest BCUT2D eigenvalue weighted by Crippen LogP contribution is -2.26. The fourth-order valence-corrected chi connectivity index (χ4v) is 1.87. The van der Waals surface area contributed by atoms with Gasteiger partial charge < -0.3 is 15.8 Å². The Balaban J connectivity index is 3.65. The summed E-state index contributed by atoms with van der Waals surface area (Å²) in [6.45, 7) is 6.49. The first-order valence-corrected chi connectivity index (χ1v) is 6.57. The third-order valence-electron chi connectivity index (χ3n) is 3.07. The van der Waals surface area contributed by atoms with Crippen LogP contribution in [0.25, 0.3) is 0 Å². The van der Waals surface area contributed by atoms with Gasteiger partial charge in [0.2, 0.25) is 5.91 Å². The van der Waals surface area contributed by atoms with Gasteiger partial charge in [-0.1, -0.05) is 13.8 Å². The molecule has 0 bridgehead atoms. The summed E-state index contributed by atoms with van der Waals surface area (Å²) in [4.78, 5) is 11.6. The Bertz CT molecular complexity index is 196. The largest absolute Gasteiger partial charge is 0.385 e. The second kappa shape index (κ2) is 10.5. The monoisotopic (exact) mass is 244 g/mol. The number of nitrogens with one attached hydrogen (secondary N) is 1. The summed E-state index contributed by atoms with van der Waals surface area (Å²) in [5, 5.41) is 2.90. The van der Waals surface area contributed by atoms with E-state index in [9.17, 15) is 4.79 Å². The second-order valence-electron chi connectivity index (χ2n) is 4.82. The number of carbonyl (C=O) groups is 1. The van der Waals surface area contributed by atoms with E-state index in [0.29, 0.717) is 38.0 Å². The first kappa shape index (κ1) is 16.4. The molecule has 3 N–H and O–H groups in total. The van der Waals surface area contributed by atoms with Gasteiger partial charge in [0.15, 0.2) is 0 Å². The van der Waals surface area contributed by atoms with Crippen LogP contribution in [0.3, 0.4) is 0 Å². The molecule has 1 unspecified atom stereocenters. The summed E-state index contributed by atoms with van der Waals surface area (Å²) in [6.07, 6.45) is 3.42. The molecule has 0 aromatic rings. The van der Waals surface area contributed by atoms with Crippen LogP contribution in [0.5, 0.6) is 0 Å². The molecule has 1 amide bonds. The van der Waals surface area contributed by atoms with Gasteiger partial charge >= 0.3 is 0 Å². The number of hydrogen-bond donors (Lipinski definition) is 2. The third kappa shape index (κ3) is 9.12. The maximum absolute atomic E-state index is 11.6. The molecule has 102 valence electrons. The molecule has 0 aromatic carbocycles. The molecule has 4 nitrogen and oxygen atoms in total. The van der Waals surface area contributed by atoms with Crippen molar-refractivity contribution in [2.45, 2.75) is 39.5 Å². The van der Waals surface area contributed by atoms with E-state index in [1.165, 1.54) is 0 Å². The van der Waals surface area contributed by atoms with Gasteiger partial charge in [-0.3, -0.25) is 4.79 Å². The molecule has 0 rings (SSSR count). The molecular weight excluding hydrogens is 216 g/mol. The SMILES string of the molecule is COCCCNC(=O)CCC(CCN)C(C)C. The Morgan fingerprint density at radius 1 is 1.35 bits per heavy atom. The van der Waals surface area contributed by atoms with Crippen LogP contribution in [0.15, 0.2) is 0 Å². The summed E-state index contributed by atoms with van der Waals surface area (Å²) in [6, 6.07) is 0. The van der Waals surface area contributed by atoms with E-state index in [1.807, 2.05) is 0 Å². The average Bonchev–Trinajstić information content (AvgIpc) is 2.29. The van der Waals surface area contributed by atoms with Crippen LogP contribution in [0, 0.1) is 11.8 Å². The molecule has 0 aromatic heterocycles. The quantitative estimate of drug-likeness (QED) is 0.573. The Kier molecular flexibility index (Phi) is 10.2. The second-order valence-corrected chi connectivity index (χ2v) is 4.82. The van der Waals surface area contributed by atoms with E-state index in [2.05, 4.69) is 19.2 Å². The van der Waals surface area contributed by atoms with Gasteiger partial charge in [-0.05, 0) is 37.6 Å². The van der Waals surface area contributed by atoms with Crippen LogP contribution in [-0.4, -0.2) is 32.7 Å². The Morgan fingerprint density at radius 3 is 2.59 bits per heavy atom. The van der Waals surface area contributed by atoms with Crippen molar-refractivity contribution in [2.75, 3.05) is 26.8 Å². The van der Waals surface area contributed by atoms with Crippen molar-refractivity contribution in [3.8, 4) is 0 Å². The highest BCUT2D eigenvalue weighted by molar-refractivity contribution is 5.75. The van der Waals surface area contributed by atoms with Crippen LogP contribution < -0.4 is 11.1 Å². The molecule has 0 aliphatic rings. The van der Waals surface area contributed by atoms with Gasteiger partial charge in [0.25, 0.3) is 0 Å². The Morgan fingerprint density at radius 2 is 2.06 bits per heavy atom. The topological polar surface area (TPSA) is 64.3 Å². The van der Waals surface area contributed by atoms with Crippen molar-refractivity contribution in [2.24, 2.45) is 17.6 Å². The summed E-state index contributed by atoms with van der Waals surface area (Å²) >= 11 is 0. The van der Waals surface area contributed by atoms with E-state index in [-0.39, 0.29) is 5.91 Å². The summed E-state index contributed by atoms with van der Waals surface area (Å²) in [5.41, 5.74) is 5.57. The fraction of sp³-hybridized carbons (Fsp3) is 0.923. The van der Waals surface area contributed by atoms with E-state index in [4.69, 9.17) is 10.5 Å². The minimum Gasteiger partial charge on any atom is -0.385 e. The minimum atomic E-state index is 0.142. The standard InChI is InChI=1S/C13H28N2O2/c1-11(2)12(7-8-14)5-6-13(16)15-9-4-10-17-3/h11-12H,4-10,14H2,1-3H3,(H,15,16).